The van der Waals surface area contributed by atoms with E-state index in [1.807, 2.05) is 48.0 Å². The van der Waals surface area contributed by atoms with Crippen molar-refractivity contribution in [2.24, 2.45) is 0 Å². The van der Waals surface area contributed by atoms with E-state index in [0.29, 0.717) is 0 Å². The summed E-state index contributed by atoms with van der Waals surface area (Å²) >= 11 is -0.392. The maximum atomic E-state index is 4.65. The molecule has 1 radical (unpaired) electrons. The van der Waals surface area contributed by atoms with Gasteiger partial charge in [-0.05, 0) is 10.9 Å². The first kappa shape index (κ1) is 32.7. The van der Waals surface area contributed by atoms with Gasteiger partial charge in [-0.1, -0.05) is 31.8 Å². The second kappa shape index (κ2) is 12.8. The van der Waals surface area contributed by atoms with Gasteiger partial charge >= 0.3 is 178 Å². The van der Waals surface area contributed by atoms with E-state index < -0.39 is 21.3 Å². The smallest absolute Gasteiger partial charge is 0 e. The van der Waals surface area contributed by atoms with Crippen molar-refractivity contribution in [3.63, 3.8) is 0 Å². The molecule has 0 aliphatic carbocycles. The van der Waals surface area contributed by atoms with Crippen LogP contribution in [0.3, 0.4) is 0 Å². The van der Waals surface area contributed by atoms with Gasteiger partial charge in [0, 0.05) is 26.3 Å². The van der Waals surface area contributed by atoms with Gasteiger partial charge in [0.05, 0.1) is 8.07 Å². The molecule has 0 saturated carbocycles. The standard InChI is InChI=1S/C26H20GeNS.C14H16NSi.Ir/c1-16-13-14-28-23(15-16)21-9-6-8-19-20-12-11-18-17-7-4-5-10-22(17)27(2,3)24(18)26(20)29-25(19)21;1-16(2,3)13-9-10-14(15-11-13)12-7-5-4-6-8-12;/h4-8,10-15H,1-3H3;4-7,9-11H,1-3H3;/q2*-1;. The number of aryl methyl sites for hydroxylation is 1. The monoisotopic (exact) mass is 871 g/mol. The summed E-state index contributed by atoms with van der Waals surface area (Å²) in [7, 11) is -1.23. The minimum Gasteiger partial charge on any atom is 0 e. The topological polar surface area (TPSA) is 25.8 Å². The van der Waals surface area contributed by atoms with Crippen molar-refractivity contribution in [3.05, 3.63) is 127 Å². The molecule has 0 fully saturated rings. The second-order valence-electron chi connectivity index (χ2n) is 13.4. The third kappa shape index (κ3) is 5.89. The predicted octanol–water partition coefficient (Wildman–Crippen LogP) is 9.12. The number of hydrogen-bond acceptors (Lipinski definition) is 3. The van der Waals surface area contributed by atoms with E-state index in [1.54, 1.807) is 8.79 Å². The number of hydrogen-bond donors (Lipinski definition) is 0. The van der Waals surface area contributed by atoms with Gasteiger partial charge in [0.1, 0.15) is 0 Å². The van der Waals surface area contributed by atoms with E-state index >= 15 is 0 Å². The number of rotatable bonds is 3. The summed E-state index contributed by atoms with van der Waals surface area (Å²) in [5.41, 5.74) is 8.36. The molecule has 8 rings (SSSR count). The number of thiophene rings is 1. The predicted molar refractivity (Wildman–Crippen MR) is 200 cm³/mol. The third-order valence-electron chi connectivity index (χ3n) is 8.90. The van der Waals surface area contributed by atoms with Crippen LogP contribution in [-0.4, -0.2) is 31.3 Å². The Morgan fingerprint density at radius 3 is 2.22 bits per heavy atom. The molecule has 7 aromatic rings. The van der Waals surface area contributed by atoms with Crippen molar-refractivity contribution in [2.75, 3.05) is 0 Å². The Hall–Kier alpha value is -3.19. The van der Waals surface area contributed by atoms with Gasteiger partial charge in [0.2, 0.25) is 0 Å². The van der Waals surface area contributed by atoms with Crippen molar-refractivity contribution in [1.82, 2.24) is 9.97 Å². The molecular formula is C40H36GeIrN2SSi-2. The van der Waals surface area contributed by atoms with Gasteiger partial charge in [-0.15, -0.1) is 35.9 Å². The van der Waals surface area contributed by atoms with E-state index in [2.05, 4.69) is 133 Å². The Morgan fingerprint density at radius 2 is 1.50 bits per heavy atom. The van der Waals surface area contributed by atoms with Crippen LogP contribution in [0.1, 0.15) is 5.56 Å². The number of nitrogens with zero attached hydrogens (tertiary/aromatic N) is 2. The summed E-state index contributed by atoms with van der Waals surface area (Å²) < 4.78 is 6.04. The summed E-state index contributed by atoms with van der Waals surface area (Å²) in [4.78, 5) is 9.17. The van der Waals surface area contributed by atoms with Crippen molar-refractivity contribution in [1.29, 1.82) is 0 Å². The fourth-order valence-corrected chi connectivity index (χ4v) is 17.3. The maximum Gasteiger partial charge on any atom is 0 e. The molecule has 0 unspecified atom stereocenters. The van der Waals surface area contributed by atoms with Crippen LogP contribution in [0.2, 0.25) is 31.2 Å². The molecular weight excluding hydrogens is 833 g/mol. The van der Waals surface area contributed by atoms with Gasteiger partial charge in [-0.3, -0.25) is 0 Å². The van der Waals surface area contributed by atoms with E-state index in [1.165, 1.54) is 42.0 Å². The van der Waals surface area contributed by atoms with Gasteiger partial charge in [0.25, 0.3) is 0 Å². The molecule has 0 saturated heterocycles. The van der Waals surface area contributed by atoms with Crippen molar-refractivity contribution < 1.29 is 20.1 Å². The van der Waals surface area contributed by atoms with Gasteiger partial charge in [0.15, 0.2) is 0 Å². The van der Waals surface area contributed by atoms with E-state index in [-0.39, 0.29) is 20.1 Å². The Bertz CT molecular complexity index is 2180. The summed E-state index contributed by atoms with van der Waals surface area (Å²) in [5, 5.41) is 4.12. The third-order valence-corrected chi connectivity index (χ3v) is 20.0. The zero-order valence-electron chi connectivity index (χ0n) is 27.0. The van der Waals surface area contributed by atoms with E-state index in [4.69, 9.17) is 0 Å². The van der Waals surface area contributed by atoms with Crippen molar-refractivity contribution >= 4 is 66.8 Å². The van der Waals surface area contributed by atoms with Crippen LogP contribution in [0.15, 0.2) is 109 Å². The first-order valence-electron chi connectivity index (χ1n) is 15.5. The van der Waals surface area contributed by atoms with Crippen LogP contribution < -0.4 is 14.0 Å². The van der Waals surface area contributed by atoms with Crippen molar-refractivity contribution in [3.8, 4) is 33.6 Å². The van der Waals surface area contributed by atoms with Gasteiger partial charge < -0.3 is 4.98 Å². The molecule has 4 aromatic carbocycles. The van der Waals surface area contributed by atoms with Gasteiger partial charge in [-0.2, -0.15) is 0 Å². The molecule has 0 spiro atoms. The molecule has 3 aromatic heterocycles. The van der Waals surface area contributed by atoms with Crippen LogP contribution in [0.4, 0.5) is 0 Å². The average molecular weight is 870 g/mol. The van der Waals surface area contributed by atoms with Crippen LogP contribution in [0.25, 0.3) is 53.8 Å². The summed E-state index contributed by atoms with van der Waals surface area (Å²) in [6.45, 7) is 9.12. The molecule has 6 heteroatoms. The zero-order chi connectivity index (χ0) is 31.3. The minimum atomic E-state index is -2.33. The number of fused-ring (bicyclic) bond motifs is 7. The average Bonchev–Trinajstić information content (AvgIpc) is 3.54. The van der Waals surface area contributed by atoms with Crippen molar-refractivity contribution in [2.45, 2.75) is 38.1 Å². The molecule has 0 N–H and O–H groups in total. The van der Waals surface area contributed by atoms with Crippen LogP contribution in [-0.2, 0) is 20.1 Å². The first-order valence-corrected chi connectivity index (χ1v) is 26.1. The van der Waals surface area contributed by atoms with E-state index in [9.17, 15) is 0 Å². The molecule has 46 heavy (non-hydrogen) atoms. The molecule has 231 valence electrons. The van der Waals surface area contributed by atoms with E-state index in [0.717, 1.165) is 22.5 Å². The molecule has 4 heterocycles. The Kier molecular flexibility index (Phi) is 9.10. The number of aromatic nitrogens is 2. The Morgan fingerprint density at radius 1 is 0.717 bits per heavy atom. The van der Waals surface area contributed by atoms with Crippen LogP contribution in [0, 0.1) is 19.1 Å². The maximum absolute atomic E-state index is 4.65. The number of benzene rings is 4. The second-order valence-corrected chi connectivity index (χ2v) is 28.5. The first-order chi connectivity index (χ1) is 21.6. The number of pyridine rings is 2. The molecule has 2 nitrogen and oxygen atoms in total. The normalized spacial score (nSPS) is 13.0. The largest absolute Gasteiger partial charge is 0 e. The fraction of sp³-hybridized carbons (Fsp3) is 0.150. The minimum absolute atomic E-state index is 0. The summed E-state index contributed by atoms with van der Waals surface area (Å²) in [5.74, 6) is 5.09. The SMILES string of the molecule is C[Si](C)(C)c1ccc(-c2[c-]cccc2)nc1.Cc1ccnc(-c2[c-]ccc3c2sc2[c]4c(ccc23)-c2cccc[c]2[Ge]4([CH3])[CH3])c1.[Ir]. The Labute approximate surface area is 293 Å². The quantitative estimate of drug-likeness (QED) is 0.131. The van der Waals surface area contributed by atoms with Crippen LogP contribution >= 0.6 is 11.3 Å². The fourth-order valence-electron chi connectivity index (χ4n) is 6.46. The molecule has 0 atom stereocenters. The molecule has 0 amide bonds. The molecule has 1 aliphatic heterocycles. The van der Waals surface area contributed by atoms with Gasteiger partial charge in [-0.25, -0.2) is 0 Å². The Balaban J connectivity index is 0.000000187. The summed E-state index contributed by atoms with van der Waals surface area (Å²) in [6.07, 6.45) is 3.92. The molecule has 1 aliphatic rings. The molecule has 0 bridgehead atoms. The summed E-state index contributed by atoms with van der Waals surface area (Å²) in [6, 6.07) is 41.2. The van der Waals surface area contributed by atoms with Crippen LogP contribution in [0.5, 0.6) is 0 Å². The zero-order valence-corrected chi connectivity index (χ0v) is 33.3.